The lowest BCUT2D eigenvalue weighted by atomic mass is 9.90. The van der Waals surface area contributed by atoms with Crippen LogP contribution < -0.4 is 4.90 Å². The third-order valence-electron chi connectivity index (χ3n) is 4.97. The molecule has 1 aliphatic heterocycles. The van der Waals surface area contributed by atoms with E-state index in [1.807, 2.05) is 36.9 Å². The van der Waals surface area contributed by atoms with Crippen LogP contribution in [0, 0.1) is 12.8 Å². The van der Waals surface area contributed by atoms with Crippen LogP contribution >= 0.6 is 0 Å². The summed E-state index contributed by atoms with van der Waals surface area (Å²) < 4.78 is 1.89. The zero-order chi connectivity index (χ0) is 17.4. The second-order valence-corrected chi connectivity index (χ2v) is 6.63. The lowest BCUT2D eigenvalue weighted by Crippen LogP contribution is -2.36. The van der Waals surface area contributed by atoms with Crippen molar-refractivity contribution in [2.45, 2.75) is 25.9 Å². The number of pyridine rings is 1. The van der Waals surface area contributed by atoms with Crippen LogP contribution in [0.5, 0.6) is 0 Å². The van der Waals surface area contributed by atoms with Crippen molar-refractivity contribution in [2.75, 3.05) is 18.0 Å². The molecule has 1 unspecified atom stereocenters. The van der Waals surface area contributed by atoms with E-state index < -0.39 is 6.10 Å². The van der Waals surface area contributed by atoms with Gasteiger partial charge in [0.25, 0.3) is 0 Å². The van der Waals surface area contributed by atoms with E-state index in [1.165, 1.54) is 0 Å². The molecular formula is C18H22N6O. The molecule has 1 aliphatic rings. The Kier molecular flexibility index (Phi) is 4.09. The molecule has 4 heterocycles. The van der Waals surface area contributed by atoms with Crippen LogP contribution in [0.4, 0.5) is 5.82 Å². The SMILES string of the molecule is Cc1nc(N2CCC(C(O)c3nccn3C)CC2)c2cccnc2n1. The summed E-state index contributed by atoms with van der Waals surface area (Å²) in [6.45, 7) is 3.61. The van der Waals surface area contributed by atoms with Crippen molar-refractivity contribution < 1.29 is 5.11 Å². The lowest BCUT2D eigenvalue weighted by Gasteiger charge is -2.35. The highest BCUT2D eigenvalue weighted by Crippen LogP contribution is 2.32. The molecule has 25 heavy (non-hydrogen) atoms. The van der Waals surface area contributed by atoms with Crippen molar-refractivity contribution >= 4 is 16.9 Å². The largest absolute Gasteiger partial charge is 0.385 e. The van der Waals surface area contributed by atoms with E-state index in [0.29, 0.717) is 0 Å². The average molecular weight is 338 g/mol. The van der Waals surface area contributed by atoms with Crippen molar-refractivity contribution in [3.05, 3.63) is 42.4 Å². The number of imidazole rings is 1. The van der Waals surface area contributed by atoms with Gasteiger partial charge in [-0.3, -0.25) is 0 Å². The van der Waals surface area contributed by atoms with Gasteiger partial charge in [0.1, 0.15) is 23.6 Å². The van der Waals surface area contributed by atoms with E-state index in [9.17, 15) is 5.11 Å². The number of fused-ring (bicyclic) bond motifs is 1. The molecule has 0 radical (unpaired) electrons. The molecule has 0 aromatic carbocycles. The number of aliphatic hydroxyl groups excluding tert-OH is 1. The Hall–Kier alpha value is -2.54. The van der Waals surface area contributed by atoms with E-state index in [4.69, 9.17) is 0 Å². The van der Waals surface area contributed by atoms with E-state index in [2.05, 4.69) is 24.8 Å². The molecule has 7 heteroatoms. The summed E-state index contributed by atoms with van der Waals surface area (Å²) in [5.41, 5.74) is 0.736. The first kappa shape index (κ1) is 16.0. The average Bonchev–Trinajstić information content (AvgIpc) is 3.06. The topological polar surface area (TPSA) is 80.0 Å². The van der Waals surface area contributed by atoms with Gasteiger partial charge in [-0.15, -0.1) is 0 Å². The maximum atomic E-state index is 10.7. The molecule has 0 saturated carbocycles. The van der Waals surface area contributed by atoms with Gasteiger partial charge in [-0.25, -0.2) is 19.9 Å². The number of aromatic nitrogens is 5. The fourth-order valence-corrected chi connectivity index (χ4v) is 3.59. The smallest absolute Gasteiger partial charge is 0.164 e. The first-order valence-electron chi connectivity index (χ1n) is 8.63. The van der Waals surface area contributed by atoms with Crippen molar-refractivity contribution in [1.29, 1.82) is 0 Å². The highest BCUT2D eigenvalue weighted by Gasteiger charge is 2.29. The Morgan fingerprint density at radius 1 is 1.16 bits per heavy atom. The molecule has 4 rings (SSSR count). The molecule has 1 atom stereocenters. The Morgan fingerprint density at radius 3 is 2.68 bits per heavy atom. The van der Waals surface area contributed by atoms with Gasteiger partial charge in [-0.05, 0) is 37.8 Å². The van der Waals surface area contributed by atoms with Gasteiger partial charge in [-0.1, -0.05) is 0 Å². The fourth-order valence-electron chi connectivity index (χ4n) is 3.59. The van der Waals surface area contributed by atoms with Crippen molar-refractivity contribution in [3.8, 4) is 0 Å². The van der Waals surface area contributed by atoms with Crippen LogP contribution in [0.2, 0.25) is 0 Å². The van der Waals surface area contributed by atoms with Crippen molar-refractivity contribution in [2.24, 2.45) is 13.0 Å². The third-order valence-corrected chi connectivity index (χ3v) is 4.97. The molecule has 0 bridgehead atoms. The molecule has 0 aliphatic carbocycles. The minimum Gasteiger partial charge on any atom is -0.385 e. The summed E-state index contributed by atoms with van der Waals surface area (Å²) in [6, 6.07) is 3.94. The summed E-state index contributed by atoms with van der Waals surface area (Å²) >= 11 is 0. The van der Waals surface area contributed by atoms with Crippen LogP contribution in [0.15, 0.2) is 30.7 Å². The number of hydrogen-bond acceptors (Lipinski definition) is 6. The zero-order valence-electron chi connectivity index (χ0n) is 14.5. The summed E-state index contributed by atoms with van der Waals surface area (Å²) in [5.74, 6) is 2.63. The highest BCUT2D eigenvalue weighted by molar-refractivity contribution is 5.86. The zero-order valence-corrected chi connectivity index (χ0v) is 14.5. The number of hydrogen-bond donors (Lipinski definition) is 1. The van der Waals surface area contributed by atoms with Crippen molar-refractivity contribution in [3.63, 3.8) is 0 Å². The van der Waals surface area contributed by atoms with Gasteiger partial charge in [0, 0.05) is 38.7 Å². The lowest BCUT2D eigenvalue weighted by molar-refractivity contribution is 0.0824. The maximum absolute atomic E-state index is 10.7. The first-order chi connectivity index (χ1) is 12.1. The number of anilines is 1. The van der Waals surface area contributed by atoms with Gasteiger partial charge in [-0.2, -0.15) is 0 Å². The standard InChI is InChI=1S/C18H22N6O/c1-12-21-16-14(4-3-7-19-16)17(22-12)24-9-5-13(6-10-24)15(25)18-20-8-11-23(18)2/h3-4,7-8,11,13,15,25H,5-6,9-10H2,1-2H3. The Balaban J connectivity index is 1.54. The highest BCUT2D eigenvalue weighted by atomic mass is 16.3. The normalized spacial score (nSPS) is 17.2. The predicted molar refractivity (Wildman–Crippen MR) is 95.2 cm³/mol. The number of piperidine rings is 1. The Morgan fingerprint density at radius 2 is 1.96 bits per heavy atom. The van der Waals surface area contributed by atoms with Gasteiger partial charge in [0.2, 0.25) is 0 Å². The summed E-state index contributed by atoms with van der Waals surface area (Å²) in [6.07, 6.45) is 6.64. The number of aryl methyl sites for hydroxylation is 2. The molecule has 3 aromatic rings. The first-order valence-corrected chi connectivity index (χ1v) is 8.63. The quantitative estimate of drug-likeness (QED) is 0.787. The number of aliphatic hydroxyl groups is 1. The van der Waals surface area contributed by atoms with E-state index in [-0.39, 0.29) is 5.92 Å². The van der Waals surface area contributed by atoms with E-state index in [1.54, 1.807) is 12.4 Å². The molecule has 1 N–H and O–H groups in total. The molecule has 3 aromatic heterocycles. The van der Waals surface area contributed by atoms with Gasteiger partial charge >= 0.3 is 0 Å². The number of nitrogens with zero attached hydrogens (tertiary/aromatic N) is 6. The molecule has 7 nitrogen and oxygen atoms in total. The predicted octanol–water partition coefficient (Wildman–Crippen LogP) is 2.02. The second kappa shape index (κ2) is 6.40. The van der Waals surface area contributed by atoms with Crippen LogP contribution in [0.25, 0.3) is 11.0 Å². The summed E-state index contributed by atoms with van der Waals surface area (Å²) in [5, 5.41) is 11.6. The van der Waals surface area contributed by atoms with E-state index >= 15 is 0 Å². The van der Waals surface area contributed by atoms with Crippen LogP contribution in [-0.4, -0.2) is 42.7 Å². The molecule has 130 valence electrons. The number of rotatable bonds is 3. The minimum absolute atomic E-state index is 0.213. The molecule has 1 saturated heterocycles. The molecule has 0 spiro atoms. The van der Waals surface area contributed by atoms with Crippen LogP contribution in [0.3, 0.4) is 0 Å². The molecule has 1 fully saturated rings. The fraction of sp³-hybridized carbons (Fsp3) is 0.444. The Labute approximate surface area is 146 Å². The van der Waals surface area contributed by atoms with E-state index in [0.717, 1.165) is 54.4 Å². The Bertz CT molecular complexity index is 884. The molecular weight excluding hydrogens is 316 g/mol. The minimum atomic E-state index is -0.521. The molecule has 0 amide bonds. The van der Waals surface area contributed by atoms with Gasteiger partial charge < -0.3 is 14.6 Å². The van der Waals surface area contributed by atoms with Crippen molar-refractivity contribution in [1.82, 2.24) is 24.5 Å². The maximum Gasteiger partial charge on any atom is 0.164 e. The van der Waals surface area contributed by atoms with Gasteiger partial charge in [0.05, 0.1) is 5.39 Å². The van der Waals surface area contributed by atoms with Gasteiger partial charge in [0.15, 0.2) is 5.65 Å². The second-order valence-electron chi connectivity index (χ2n) is 6.63. The monoisotopic (exact) mass is 338 g/mol. The third kappa shape index (κ3) is 2.95. The van der Waals surface area contributed by atoms with Crippen LogP contribution in [0.1, 0.15) is 30.6 Å². The summed E-state index contributed by atoms with van der Waals surface area (Å²) in [7, 11) is 1.92. The van der Waals surface area contributed by atoms with Crippen LogP contribution in [-0.2, 0) is 7.05 Å². The summed E-state index contributed by atoms with van der Waals surface area (Å²) in [4.78, 5) is 20.0.